The quantitative estimate of drug-likeness (QED) is 0.920. The fraction of sp³-hybridized carbons (Fsp3) is 0.533. The van der Waals surface area contributed by atoms with Crippen LogP contribution in [0.25, 0.3) is 0 Å². The van der Waals surface area contributed by atoms with E-state index in [1.807, 2.05) is 16.7 Å². The average molecular weight is 332 g/mol. The summed E-state index contributed by atoms with van der Waals surface area (Å²) >= 11 is 1.84. The van der Waals surface area contributed by atoms with Crippen LogP contribution in [0.4, 0.5) is 18.9 Å². The molecule has 0 bridgehead atoms. The number of amides is 1. The Morgan fingerprint density at radius 2 is 2.05 bits per heavy atom. The Balaban J connectivity index is 2.01. The molecule has 1 aromatic rings. The van der Waals surface area contributed by atoms with Crippen molar-refractivity contribution >= 4 is 23.4 Å². The van der Waals surface area contributed by atoms with Gasteiger partial charge in [0.2, 0.25) is 5.91 Å². The molecule has 1 N–H and O–H groups in total. The lowest BCUT2D eigenvalue weighted by Gasteiger charge is -2.37. The minimum atomic E-state index is -4.48. The number of para-hydroxylation sites is 1. The molecule has 7 heteroatoms. The summed E-state index contributed by atoms with van der Waals surface area (Å²) in [7, 11) is 0. The maximum absolute atomic E-state index is 12.9. The summed E-state index contributed by atoms with van der Waals surface area (Å²) in [6.07, 6.45) is -4.48. The molecule has 2 rings (SSSR count). The number of rotatable bonds is 3. The summed E-state index contributed by atoms with van der Waals surface area (Å²) in [5.74, 6) is 0.499. The molecule has 1 saturated heterocycles. The van der Waals surface area contributed by atoms with E-state index in [0.29, 0.717) is 0 Å². The lowest BCUT2D eigenvalue weighted by Crippen LogP contribution is -2.46. The van der Waals surface area contributed by atoms with Crippen LogP contribution in [-0.4, -0.2) is 40.9 Å². The first-order valence-corrected chi connectivity index (χ1v) is 7.98. The van der Waals surface area contributed by atoms with E-state index in [9.17, 15) is 18.0 Å². The predicted octanol–water partition coefficient (Wildman–Crippen LogP) is 3.47. The number of alkyl halides is 3. The van der Waals surface area contributed by atoms with Crippen LogP contribution in [0.3, 0.4) is 0 Å². The molecule has 1 fully saturated rings. The highest BCUT2D eigenvalue weighted by atomic mass is 32.2. The second kappa shape index (κ2) is 6.50. The van der Waals surface area contributed by atoms with Crippen molar-refractivity contribution in [3.8, 4) is 0 Å². The zero-order chi connectivity index (χ0) is 16.4. The van der Waals surface area contributed by atoms with Crippen LogP contribution in [0.5, 0.6) is 0 Å². The molecule has 1 aliphatic heterocycles. The van der Waals surface area contributed by atoms with E-state index in [1.54, 1.807) is 0 Å². The molecule has 0 aromatic heterocycles. The van der Waals surface area contributed by atoms with Crippen molar-refractivity contribution in [2.24, 2.45) is 0 Å². The largest absolute Gasteiger partial charge is 0.418 e. The molecular formula is C15H19F3N2OS. The Kier molecular flexibility index (Phi) is 5.07. The molecule has 122 valence electrons. The van der Waals surface area contributed by atoms with Crippen molar-refractivity contribution in [2.45, 2.75) is 24.8 Å². The van der Waals surface area contributed by atoms with Crippen LogP contribution in [0, 0.1) is 0 Å². The molecule has 1 heterocycles. The van der Waals surface area contributed by atoms with E-state index >= 15 is 0 Å². The molecule has 0 saturated carbocycles. The Morgan fingerprint density at radius 3 is 2.68 bits per heavy atom. The van der Waals surface area contributed by atoms with Gasteiger partial charge in [-0.2, -0.15) is 24.9 Å². The highest BCUT2D eigenvalue weighted by Gasteiger charge is 2.34. The number of halogens is 3. The van der Waals surface area contributed by atoms with Gasteiger partial charge in [-0.15, -0.1) is 0 Å². The molecule has 0 unspecified atom stereocenters. The molecule has 0 radical (unpaired) electrons. The van der Waals surface area contributed by atoms with Crippen molar-refractivity contribution in [3.05, 3.63) is 29.8 Å². The SMILES string of the molecule is CC1(C)CN(CC(=O)Nc2ccccc2C(F)(F)F)CCS1. The van der Waals surface area contributed by atoms with E-state index in [0.717, 1.165) is 24.9 Å². The van der Waals surface area contributed by atoms with Crippen molar-refractivity contribution in [2.75, 3.05) is 30.7 Å². The third-order valence-corrected chi connectivity index (χ3v) is 4.68. The van der Waals surface area contributed by atoms with Crippen LogP contribution < -0.4 is 5.32 Å². The number of nitrogens with zero attached hydrogens (tertiary/aromatic N) is 1. The molecule has 0 spiro atoms. The summed E-state index contributed by atoms with van der Waals surface area (Å²) in [5, 5.41) is 2.38. The van der Waals surface area contributed by atoms with E-state index in [-0.39, 0.29) is 17.0 Å². The first-order valence-electron chi connectivity index (χ1n) is 7.00. The minimum Gasteiger partial charge on any atom is -0.324 e. The van der Waals surface area contributed by atoms with E-state index in [1.165, 1.54) is 18.2 Å². The molecule has 1 amide bonds. The molecule has 22 heavy (non-hydrogen) atoms. The van der Waals surface area contributed by atoms with Gasteiger partial charge in [0.1, 0.15) is 0 Å². The number of nitrogens with one attached hydrogen (secondary N) is 1. The zero-order valence-electron chi connectivity index (χ0n) is 12.5. The first kappa shape index (κ1) is 17.1. The molecule has 1 aliphatic rings. The summed E-state index contributed by atoms with van der Waals surface area (Å²) < 4.78 is 38.7. The highest BCUT2D eigenvalue weighted by molar-refractivity contribution is 8.00. The standard InChI is InChI=1S/C15H19F3N2OS/c1-14(2)10-20(7-8-22-14)9-13(21)19-12-6-4-3-5-11(12)15(16,17)18/h3-6H,7-10H2,1-2H3,(H,19,21). The summed E-state index contributed by atoms with van der Waals surface area (Å²) in [6, 6.07) is 5.03. The maximum atomic E-state index is 12.9. The van der Waals surface area contributed by atoms with Gasteiger partial charge in [0.05, 0.1) is 17.8 Å². The van der Waals surface area contributed by atoms with Crippen LogP contribution in [-0.2, 0) is 11.0 Å². The third kappa shape index (κ3) is 4.64. The molecule has 3 nitrogen and oxygen atoms in total. The molecule has 0 aliphatic carbocycles. The van der Waals surface area contributed by atoms with E-state index in [4.69, 9.17) is 0 Å². The lowest BCUT2D eigenvalue weighted by atomic mass is 10.1. The van der Waals surface area contributed by atoms with Gasteiger partial charge in [-0.3, -0.25) is 9.69 Å². The van der Waals surface area contributed by atoms with Crippen LogP contribution in [0.15, 0.2) is 24.3 Å². The van der Waals surface area contributed by atoms with Crippen LogP contribution in [0.1, 0.15) is 19.4 Å². The Bertz CT molecular complexity index is 546. The summed E-state index contributed by atoms with van der Waals surface area (Å²) in [6.45, 7) is 5.81. The molecule has 0 atom stereocenters. The Morgan fingerprint density at radius 1 is 1.36 bits per heavy atom. The molecular weight excluding hydrogens is 313 g/mol. The van der Waals surface area contributed by atoms with Gasteiger partial charge in [0.25, 0.3) is 0 Å². The van der Waals surface area contributed by atoms with Gasteiger partial charge in [-0.05, 0) is 26.0 Å². The number of anilines is 1. The van der Waals surface area contributed by atoms with Crippen molar-refractivity contribution in [1.29, 1.82) is 0 Å². The fourth-order valence-corrected chi connectivity index (χ4v) is 3.66. The second-order valence-corrected chi connectivity index (χ2v) is 7.71. The van der Waals surface area contributed by atoms with Crippen LogP contribution in [0.2, 0.25) is 0 Å². The predicted molar refractivity (Wildman–Crippen MR) is 83.1 cm³/mol. The zero-order valence-corrected chi connectivity index (χ0v) is 13.4. The number of thioether (sulfide) groups is 1. The van der Waals surface area contributed by atoms with E-state index in [2.05, 4.69) is 19.2 Å². The number of benzene rings is 1. The Hall–Kier alpha value is -1.21. The van der Waals surface area contributed by atoms with Gasteiger partial charge < -0.3 is 5.32 Å². The van der Waals surface area contributed by atoms with Gasteiger partial charge in [-0.25, -0.2) is 0 Å². The first-order chi connectivity index (χ1) is 10.2. The van der Waals surface area contributed by atoms with Crippen molar-refractivity contribution in [3.63, 3.8) is 0 Å². The number of hydrogen-bond donors (Lipinski definition) is 1. The lowest BCUT2D eigenvalue weighted by molar-refractivity contribution is -0.137. The van der Waals surface area contributed by atoms with Crippen molar-refractivity contribution in [1.82, 2.24) is 4.90 Å². The summed E-state index contributed by atoms with van der Waals surface area (Å²) in [4.78, 5) is 14.0. The number of carbonyl (C=O) groups is 1. The highest BCUT2D eigenvalue weighted by Crippen LogP contribution is 2.34. The van der Waals surface area contributed by atoms with Crippen molar-refractivity contribution < 1.29 is 18.0 Å². The van der Waals surface area contributed by atoms with Crippen LogP contribution >= 0.6 is 11.8 Å². The minimum absolute atomic E-state index is 0.0579. The number of carbonyl (C=O) groups excluding carboxylic acids is 1. The smallest absolute Gasteiger partial charge is 0.324 e. The van der Waals surface area contributed by atoms with Gasteiger partial charge in [0, 0.05) is 23.6 Å². The number of hydrogen-bond acceptors (Lipinski definition) is 3. The van der Waals surface area contributed by atoms with Gasteiger partial charge in [-0.1, -0.05) is 12.1 Å². The third-order valence-electron chi connectivity index (χ3n) is 3.38. The fourth-order valence-electron chi connectivity index (χ4n) is 2.48. The van der Waals surface area contributed by atoms with Gasteiger partial charge >= 0.3 is 6.18 Å². The summed E-state index contributed by atoms with van der Waals surface area (Å²) in [5.41, 5.74) is -1.01. The monoisotopic (exact) mass is 332 g/mol. The van der Waals surface area contributed by atoms with E-state index < -0.39 is 17.6 Å². The van der Waals surface area contributed by atoms with Gasteiger partial charge in [0.15, 0.2) is 0 Å². The second-order valence-electron chi connectivity index (χ2n) is 5.91. The normalized spacial score (nSPS) is 19.0. The average Bonchev–Trinajstić information content (AvgIpc) is 2.36. The molecule has 1 aromatic carbocycles. The Labute approximate surface area is 132 Å². The topological polar surface area (TPSA) is 32.3 Å². The maximum Gasteiger partial charge on any atom is 0.418 e.